The minimum atomic E-state index is -0.271. The molecular formula is C24H42O5. The SMILES string of the molecule is CCCCC(CC)CC1CCc2c(O)oooc(O)c2C1CC(CC)CCCC. The Morgan fingerprint density at radius 1 is 0.862 bits per heavy atom. The average molecular weight is 411 g/mol. The van der Waals surface area contributed by atoms with Crippen LogP contribution in [0.5, 0.6) is 11.9 Å². The molecule has 29 heavy (non-hydrogen) atoms. The van der Waals surface area contributed by atoms with Crippen LogP contribution in [0, 0.1) is 17.8 Å². The normalized spacial score (nSPS) is 20.8. The van der Waals surface area contributed by atoms with Crippen molar-refractivity contribution in [1.82, 2.24) is 0 Å². The number of hydrogen-bond donors (Lipinski definition) is 2. The molecule has 0 fully saturated rings. The Balaban J connectivity index is 2.35. The molecule has 168 valence electrons. The maximum atomic E-state index is 10.6. The van der Waals surface area contributed by atoms with Crippen LogP contribution in [-0.2, 0) is 6.42 Å². The smallest absolute Gasteiger partial charge is 0.336 e. The highest BCUT2D eigenvalue weighted by atomic mass is 17.2. The van der Waals surface area contributed by atoms with Gasteiger partial charge in [-0.2, -0.15) is 0 Å². The summed E-state index contributed by atoms with van der Waals surface area (Å²) in [5.41, 5.74) is 1.35. The standard InChI is InChI=1S/C24H42O5/c1-5-9-11-17(7-3)15-19-13-14-20-22(24(26)28-29-27-23(20)25)21(19)16-18(8-4)12-10-6-2/h17-19,21,25-26H,5-16H2,1-4H3. The molecule has 0 bridgehead atoms. The molecule has 2 rings (SSSR count). The van der Waals surface area contributed by atoms with E-state index < -0.39 is 0 Å². The van der Waals surface area contributed by atoms with Crippen LogP contribution in [-0.4, -0.2) is 10.2 Å². The van der Waals surface area contributed by atoms with Gasteiger partial charge < -0.3 is 10.2 Å². The maximum absolute atomic E-state index is 10.6. The van der Waals surface area contributed by atoms with Crippen LogP contribution >= 0.6 is 0 Å². The first-order chi connectivity index (χ1) is 14.0. The van der Waals surface area contributed by atoms with Gasteiger partial charge in [0.25, 0.3) is 0 Å². The molecule has 2 N–H and O–H groups in total. The van der Waals surface area contributed by atoms with Gasteiger partial charge in [0.1, 0.15) is 0 Å². The molecule has 0 radical (unpaired) electrons. The van der Waals surface area contributed by atoms with Gasteiger partial charge in [0, 0.05) is 5.56 Å². The molecule has 1 aromatic heterocycles. The van der Waals surface area contributed by atoms with Gasteiger partial charge in [0.15, 0.2) is 0 Å². The third-order valence-electron chi connectivity index (χ3n) is 7.05. The zero-order valence-electron chi connectivity index (χ0n) is 18.9. The first-order valence-electron chi connectivity index (χ1n) is 11.9. The topological polar surface area (TPSA) is 79.9 Å². The van der Waals surface area contributed by atoms with Crippen molar-refractivity contribution in [3.8, 4) is 11.9 Å². The van der Waals surface area contributed by atoms with Gasteiger partial charge in [0.05, 0.1) is 5.56 Å². The van der Waals surface area contributed by atoms with Gasteiger partial charge in [-0.25, -0.2) is 9.15 Å². The summed E-state index contributed by atoms with van der Waals surface area (Å²) in [5, 5.41) is 20.9. The highest BCUT2D eigenvalue weighted by Gasteiger charge is 2.37. The maximum Gasteiger partial charge on any atom is 0.336 e. The van der Waals surface area contributed by atoms with Crippen LogP contribution in [0.3, 0.4) is 0 Å². The lowest BCUT2D eigenvalue weighted by Gasteiger charge is -2.36. The number of fused-ring (bicyclic) bond motifs is 1. The molecule has 5 nitrogen and oxygen atoms in total. The van der Waals surface area contributed by atoms with Gasteiger partial charge in [0.2, 0.25) is 0 Å². The summed E-state index contributed by atoms with van der Waals surface area (Å²) in [5.74, 6) is 1.42. The van der Waals surface area contributed by atoms with E-state index in [2.05, 4.69) is 32.4 Å². The van der Waals surface area contributed by atoms with E-state index in [1.54, 1.807) is 0 Å². The summed E-state index contributed by atoms with van der Waals surface area (Å²) in [7, 11) is 0. The Morgan fingerprint density at radius 2 is 1.45 bits per heavy atom. The van der Waals surface area contributed by atoms with Crippen molar-refractivity contribution in [3.05, 3.63) is 11.1 Å². The molecule has 1 heterocycles. The Morgan fingerprint density at radius 3 is 2.03 bits per heavy atom. The molecule has 0 saturated heterocycles. The van der Waals surface area contributed by atoms with Crippen molar-refractivity contribution in [3.63, 3.8) is 0 Å². The van der Waals surface area contributed by atoms with Gasteiger partial charge in [-0.1, -0.05) is 83.8 Å². The Labute approximate surface area is 176 Å². The van der Waals surface area contributed by atoms with Crippen LogP contribution in [0.2, 0.25) is 0 Å². The zero-order valence-corrected chi connectivity index (χ0v) is 18.9. The summed E-state index contributed by atoms with van der Waals surface area (Å²) in [6.07, 6.45) is 13.6. The quantitative estimate of drug-likeness (QED) is 0.343. The van der Waals surface area contributed by atoms with Crippen LogP contribution < -0.4 is 0 Å². The first-order valence-corrected chi connectivity index (χ1v) is 11.9. The van der Waals surface area contributed by atoms with E-state index in [9.17, 15) is 10.2 Å². The molecule has 1 aliphatic carbocycles. The number of unbranched alkanes of at least 4 members (excludes halogenated alkanes) is 2. The third-order valence-corrected chi connectivity index (χ3v) is 7.05. The van der Waals surface area contributed by atoms with Gasteiger partial charge in [-0.05, 0) is 49.4 Å². The van der Waals surface area contributed by atoms with Crippen LogP contribution in [0.1, 0.15) is 115 Å². The Kier molecular flexibility index (Phi) is 10.0. The van der Waals surface area contributed by atoms with E-state index in [1.165, 1.54) is 44.9 Å². The van der Waals surface area contributed by atoms with Crippen molar-refractivity contribution in [1.29, 1.82) is 0 Å². The molecule has 0 saturated carbocycles. The van der Waals surface area contributed by atoms with Crippen molar-refractivity contribution < 1.29 is 24.1 Å². The summed E-state index contributed by atoms with van der Waals surface area (Å²) in [6, 6.07) is 0. The third kappa shape index (κ3) is 6.48. The van der Waals surface area contributed by atoms with Crippen LogP contribution in [0.25, 0.3) is 0 Å². The van der Waals surface area contributed by atoms with E-state index in [0.29, 0.717) is 35.3 Å². The molecule has 0 spiro atoms. The largest absolute Gasteiger partial charge is 0.478 e. The van der Waals surface area contributed by atoms with E-state index in [-0.39, 0.29) is 17.8 Å². The molecular weight excluding hydrogens is 368 g/mol. The summed E-state index contributed by atoms with van der Waals surface area (Å²) in [6.45, 7) is 9.03. The minimum Gasteiger partial charge on any atom is -0.478 e. The highest BCUT2D eigenvalue weighted by molar-refractivity contribution is 5.40. The molecule has 0 amide bonds. The minimum absolute atomic E-state index is 0.156. The van der Waals surface area contributed by atoms with Crippen molar-refractivity contribution >= 4 is 0 Å². The summed E-state index contributed by atoms with van der Waals surface area (Å²) >= 11 is 0. The second-order valence-electron chi connectivity index (χ2n) is 8.95. The lowest BCUT2D eigenvalue weighted by atomic mass is 9.68. The number of aromatic hydroxyl groups is 2. The number of rotatable bonds is 12. The summed E-state index contributed by atoms with van der Waals surface area (Å²) < 4.78 is 14.2. The van der Waals surface area contributed by atoms with Gasteiger partial charge >= 0.3 is 11.9 Å². The molecule has 4 atom stereocenters. The lowest BCUT2D eigenvalue weighted by molar-refractivity contribution is -0.194. The highest BCUT2D eigenvalue weighted by Crippen LogP contribution is 2.49. The predicted molar refractivity (Wildman–Crippen MR) is 115 cm³/mol. The van der Waals surface area contributed by atoms with Crippen LogP contribution in [0.4, 0.5) is 0 Å². The molecule has 0 aromatic carbocycles. The fourth-order valence-corrected chi connectivity index (χ4v) is 5.15. The first kappa shape index (κ1) is 23.8. The van der Waals surface area contributed by atoms with Crippen molar-refractivity contribution in [2.75, 3.05) is 0 Å². The monoisotopic (exact) mass is 410 g/mol. The molecule has 0 aliphatic heterocycles. The van der Waals surface area contributed by atoms with E-state index in [0.717, 1.165) is 25.7 Å². The Bertz CT molecular complexity index is 624. The van der Waals surface area contributed by atoms with Crippen LogP contribution in [0.15, 0.2) is 13.9 Å². The second kappa shape index (κ2) is 12.2. The fourth-order valence-electron chi connectivity index (χ4n) is 5.15. The molecule has 1 aromatic rings. The van der Waals surface area contributed by atoms with Gasteiger partial charge in [-0.15, -0.1) is 0 Å². The van der Waals surface area contributed by atoms with Crippen molar-refractivity contribution in [2.45, 2.75) is 111 Å². The van der Waals surface area contributed by atoms with E-state index >= 15 is 0 Å². The molecule has 5 heteroatoms. The summed E-state index contributed by atoms with van der Waals surface area (Å²) in [4.78, 5) is 0. The van der Waals surface area contributed by atoms with Gasteiger partial charge in [-0.3, -0.25) is 0 Å². The second-order valence-corrected chi connectivity index (χ2v) is 8.95. The molecule has 4 unspecified atom stereocenters. The number of hydrogen-bond acceptors (Lipinski definition) is 5. The van der Waals surface area contributed by atoms with Crippen molar-refractivity contribution in [2.24, 2.45) is 17.8 Å². The fraction of sp³-hybridized carbons (Fsp3) is 0.833. The Hall–Kier alpha value is -1.52. The average Bonchev–Trinajstić information content (AvgIpc) is 2.87. The van der Waals surface area contributed by atoms with E-state index in [1.807, 2.05) is 0 Å². The van der Waals surface area contributed by atoms with E-state index in [4.69, 9.17) is 9.15 Å². The predicted octanol–water partition coefficient (Wildman–Crippen LogP) is 7.86. The lowest BCUT2D eigenvalue weighted by Crippen LogP contribution is -2.25. The molecule has 1 aliphatic rings. The zero-order chi connectivity index (χ0) is 21.2.